The lowest BCUT2D eigenvalue weighted by molar-refractivity contribution is -0.0118. The van der Waals surface area contributed by atoms with Crippen molar-refractivity contribution in [2.75, 3.05) is 12.4 Å². The van der Waals surface area contributed by atoms with Crippen molar-refractivity contribution >= 4 is 11.7 Å². The number of hydroxylamine groups is 2. The molecule has 0 unspecified atom stereocenters. The molecule has 2 N–H and O–H groups in total. The van der Waals surface area contributed by atoms with Crippen LogP contribution in [-0.2, 0) is 0 Å². The number of nitrogens with one attached hydrogen (secondary N) is 1. The van der Waals surface area contributed by atoms with Crippen molar-refractivity contribution in [1.82, 2.24) is 5.06 Å². The minimum absolute atomic E-state index is 0.227. The highest BCUT2D eigenvalue weighted by atomic mass is 19.1. The summed E-state index contributed by atoms with van der Waals surface area (Å²) >= 11 is 0. The summed E-state index contributed by atoms with van der Waals surface area (Å²) in [6, 6.07) is 1.67. The summed E-state index contributed by atoms with van der Waals surface area (Å²) in [5, 5.41) is 10.8. The number of nitrogens with zero attached hydrogens (tertiary/aromatic N) is 1. The van der Waals surface area contributed by atoms with Gasteiger partial charge in [0.15, 0.2) is 0 Å². The fraction of sp³-hybridized carbons (Fsp3) is 0.125. The van der Waals surface area contributed by atoms with Crippen LogP contribution in [-0.4, -0.2) is 23.3 Å². The Bertz CT molecular complexity index is 355. The quantitative estimate of drug-likeness (QED) is 0.539. The molecule has 1 rings (SSSR count). The average molecular weight is 202 g/mol. The predicted molar refractivity (Wildman–Crippen MR) is 44.9 cm³/mol. The average Bonchev–Trinajstić information content (AvgIpc) is 2.11. The maximum absolute atomic E-state index is 12.9. The molecule has 0 heterocycles. The van der Waals surface area contributed by atoms with E-state index in [1.807, 2.05) is 5.32 Å². The Hall–Kier alpha value is -1.69. The summed E-state index contributed by atoms with van der Waals surface area (Å²) in [7, 11) is 1.06. The number of rotatable bonds is 1. The molecule has 76 valence electrons. The Morgan fingerprint density at radius 1 is 1.50 bits per heavy atom. The van der Waals surface area contributed by atoms with Crippen LogP contribution in [0, 0.1) is 11.6 Å². The molecule has 0 aliphatic heterocycles. The van der Waals surface area contributed by atoms with E-state index in [9.17, 15) is 13.6 Å². The lowest BCUT2D eigenvalue weighted by atomic mass is 10.3. The van der Waals surface area contributed by atoms with Gasteiger partial charge in [-0.1, -0.05) is 0 Å². The standard InChI is InChI=1S/C8H8F2N2O2/c1-12(14)8(13)11-7-4-5(9)2-3-6(7)10/h2-4,14H,1H3,(H,11,13). The smallest absolute Gasteiger partial charge is 0.303 e. The Labute approximate surface area is 78.7 Å². The van der Waals surface area contributed by atoms with Crippen molar-refractivity contribution in [2.24, 2.45) is 0 Å². The molecule has 0 saturated carbocycles. The van der Waals surface area contributed by atoms with Crippen LogP contribution in [0.4, 0.5) is 19.3 Å². The normalized spacial score (nSPS) is 9.71. The molecule has 0 saturated heterocycles. The van der Waals surface area contributed by atoms with Crippen molar-refractivity contribution in [3.05, 3.63) is 29.8 Å². The molecule has 4 nitrogen and oxygen atoms in total. The van der Waals surface area contributed by atoms with Gasteiger partial charge in [-0.25, -0.2) is 18.6 Å². The van der Waals surface area contributed by atoms with Gasteiger partial charge in [-0.15, -0.1) is 0 Å². The number of anilines is 1. The Morgan fingerprint density at radius 3 is 2.71 bits per heavy atom. The van der Waals surface area contributed by atoms with E-state index in [1.54, 1.807) is 0 Å². The first-order valence-corrected chi connectivity index (χ1v) is 3.69. The molecule has 0 aliphatic carbocycles. The van der Waals surface area contributed by atoms with Crippen LogP contribution in [0.25, 0.3) is 0 Å². The summed E-state index contributed by atoms with van der Waals surface area (Å²) in [6.45, 7) is 0. The number of hydrogen-bond donors (Lipinski definition) is 2. The number of halogens is 2. The molecule has 14 heavy (non-hydrogen) atoms. The van der Waals surface area contributed by atoms with Gasteiger partial charge in [0.05, 0.1) is 5.69 Å². The van der Waals surface area contributed by atoms with Crippen molar-refractivity contribution < 1.29 is 18.8 Å². The van der Waals surface area contributed by atoms with E-state index in [0.29, 0.717) is 0 Å². The summed E-state index contributed by atoms with van der Waals surface area (Å²) in [5.41, 5.74) is -0.323. The fourth-order valence-corrected chi connectivity index (χ4v) is 0.789. The molecule has 0 spiro atoms. The lowest BCUT2D eigenvalue weighted by Crippen LogP contribution is -2.28. The van der Waals surface area contributed by atoms with Gasteiger partial charge >= 0.3 is 6.03 Å². The largest absolute Gasteiger partial charge is 0.345 e. The van der Waals surface area contributed by atoms with Crippen molar-refractivity contribution in [3.63, 3.8) is 0 Å². The van der Waals surface area contributed by atoms with Gasteiger partial charge in [0, 0.05) is 13.1 Å². The van der Waals surface area contributed by atoms with E-state index >= 15 is 0 Å². The molecule has 1 aromatic rings. The topological polar surface area (TPSA) is 52.6 Å². The maximum Gasteiger partial charge on any atom is 0.345 e. The van der Waals surface area contributed by atoms with Gasteiger partial charge in [-0.3, -0.25) is 5.21 Å². The first-order valence-electron chi connectivity index (χ1n) is 3.69. The molecular formula is C8H8F2N2O2. The number of urea groups is 1. The molecule has 0 aromatic heterocycles. The molecule has 1 aromatic carbocycles. The highest BCUT2D eigenvalue weighted by Crippen LogP contribution is 2.15. The third kappa shape index (κ3) is 2.40. The van der Waals surface area contributed by atoms with Crippen LogP contribution in [0.3, 0.4) is 0 Å². The molecule has 2 amide bonds. The third-order valence-corrected chi connectivity index (χ3v) is 1.46. The summed E-state index contributed by atoms with van der Waals surface area (Å²) in [6.07, 6.45) is 0. The molecule has 0 aliphatic rings. The highest BCUT2D eigenvalue weighted by Gasteiger charge is 2.09. The predicted octanol–water partition coefficient (Wildman–Crippen LogP) is 1.82. The lowest BCUT2D eigenvalue weighted by Gasteiger charge is -2.10. The van der Waals surface area contributed by atoms with Crippen LogP contribution in [0.1, 0.15) is 0 Å². The number of hydrogen-bond acceptors (Lipinski definition) is 2. The van der Waals surface area contributed by atoms with Gasteiger partial charge in [-0.05, 0) is 12.1 Å². The fourth-order valence-electron chi connectivity index (χ4n) is 0.789. The van der Waals surface area contributed by atoms with Crippen molar-refractivity contribution in [2.45, 2.75) is 0 Å². The molecule has 0 atom stereocenters. The first-order chi connectivity index (χ1) is 6.50. The van der Waals surface area contributed by atoms with Crippen LogP contribution < -0.4 is 5.32 Å². The van der Waals surface area contributed by atoms with Crippen LogP contribution in [0.5, 0.6) is 0 Å². The molecule has 0 bridgehead atoms. The number of carbonyl (C=O) groups is 1. The van der Waals surface area contributed by atoms with Crippen LogP contribution in [0.2, 0.25) is 0 Å². The van der Waals surface area contributed by atoms with E-state index in [-0.39, 0.29) is 10.8 Å². The molecule has 0 fully saturated rings. The molecule has 0 radical (unpaired) electrons. The van der Waals surface area contributed by atoms with Crippen molar-refractivity contribution in [1.29, 1.82) is 0 Å². The van der Waals surface area contributed by atoms with Gasteiger partial charge < -0.3 is 5.32 Å². The summed E-state index contributed by atoms with van der Waals surface area (Å²) in [4.78, 5) is 10.9. The molecular weight excluding hydrogens is 194 g/mol. The van der Waals surface area contributed by atoms with E-state index in [2.05, 4.69) is 0 Å². The zero-order valence-electron chi connectivity index (χ0n) is 7.29. The van der Waals surface area contributed by atoms with Gasteiger partial charge in [0.2, 0.25) is 0 Å². The SMILES string of the molecule is CN(O)C(=O)Nc1cc(F)ccc1F. The van der Waals surface area contributed by atoms with E-state index in [4.69, 9.17) is 5.21 Å². The monoisotopic (exact) mass is 202 g/mol. The van der Waals surface area contributed by atoms with Crippen molar-refractivity contribution in [3.8, 4) is 0 Å². The Morgan fingerprint density at radius 2 is 2.14 bits per heavy atom. The summed E-state index contributed by atoms with van der Waals surface area (Å²) < 4.78 is 25.5. The van der Waals surface area contributed by atoms with Crippen LogP contribution in [0.15, 0.2) is 18.2 Å². The van der Waals surface area contributed by atoms with Gasteiger partial charge in [-0.2, -0.15) is 0 Å². The maximum atomic E-state index is 12.9. The zero-order chi connectivity index (χ0) is 10.7. The second kappa shape index (κ2) is 4.01. The minimum Gasteiger partial charge on any atom is -0.303 e. The Balaban J connectivity index is 2.86. The summed E-state index contributed by atoms with van der Waals surface area (Å²) in [5.74, 6) is -1.45. The van der Waals surface area contributed by atoms with Gasteiger partial charge in [0.25, 0.3) is 0 Å². The van der Waals surface area contributed by atoms with Gasteiger partial charge in [0.1, 0.15) is 11.6 Å². The Kier molecular flexibility index (Phi) is 2.98. The highest BCUT2D eigenvalue weighted by molar-refractivity contribution is 5.88. The number of carbonyl (C=O) groups excluding carboxylic acids is 1. The minimum atomic E-state index is -0.950. The molecule has 6 heteroatoms. The van der Waals surface area contributed by atoms with E-state index in [0.717, 1.165) is 25.2 Å². The third-order valence-electron chi connectivity index (χ3n) is 1.46. The number of amides is 2. The zero-order valence-corrected chi connectivity index (χ0v) is 7.29. The first kappa shape index (κ1) is 10.4. The van der Waals surface area contributed by atoms with Crippen LogP contribution >= 0.6 is 0 Å². The van der Waals surface area contributed by atoms with E-state index < -0.39 is 17.7 Å². The number of benzene rings is 1. The van der Waals surface area contributed by atoms with E-state index in [1.165, 1.54) is 0 Å². The second-order valence-electron chi connectivity index (χ2n) is 2.58. The second-order valence-corrected chi connectivity index (χ2v) is 2.58.